The van der Waals surface area contributed by atoms with Gasteiger partial charge in [0.05, 0.1) is 18.5 Å². The van der Waals surface area contributed by atoms with Crippen LogP contribution in [0.25, 0.3) is 11.3 Å². The molecule has 0 saturated carbocycles. The first-order valence-corrected chi connectivity index (χ1v) is 6.03. The average molecular weight is 245 g/mol. The maximum absolute atomic E-state index is 5.80. The molecule has 0 aliphatic carbocycles. The fraction of sp³-hybridized carbons (Fsp3) is 0.357. The normalized spacial score (nSPS) is 12.4. The summed E-state index contributed by atoms with van der Waals surface area (Å²) in [5, 5.41) is 4.48. The Balaban J connectivity index is 2.41. The highest BCUT2D eigenvalue weighted by molar-refractivity contribution is 5.67. The zero-order chi connectivity index (χ0) is 13.1. The van der Waals surface area contributed by atoms with Crippen LogP contribution in [0.2, 0.25) is 0 Å². The third kappa shape index (κ3) is 2.54. The Morgan fingerprint density at radius 1 is 1.39 bits per heavy atom. The van der Waals surface area contributed by atoms with E-state index < -0.39 is 0 Å². The van der Waals surface area contributed by atoms with E-state index >= 15 is 0 Å². The van der Waals surface area contributed by atoms with Crippen LogP contribution in [0.5, 0.6) is 5.75 Å². The summed E-state index contributed by atoms with van der Waals surface area (Å²) in [4.78, 5) is 0. The standard InChI is InChI=1S/C14H19N3O/c1-10(15)8-11-9-13(17(2)16-11)12-6-4-5-7-14(12)18-3/h4-7,9-10H,8,15H2,1-3H3. The van der Waals surface area contributed by atoms with Gasteiger partial charge in [0, 0.05) is 25.1 Å². The summed E-state index contributed by atoms with van der Waals surface area (Å²) < 4.78 is 7.25. The van der Waals surface area contributed by atoms with E-state index in [9.17, 15) is 0 Å². The Bertz CT molecular complexity index is 532. The maximum atomic E-state index is 5.80. The Morgan fingerprint density at radius 3 is 2.78 bits per heavy atom. The van der Waals surface area contributed by atoms with Gasteiger partial charge in [-0.05, 0) is 25.1 Å². The molecule has 18 heavy (non-hydrogen) atoms. The summed E-state index contributed by atoms with van der Waals surface area (Å²) in [7, 11) is 3.62. The van der Waals surface area contributed by atoms with Crippen molar-refractivity contribution < 1.29 is 4.74 Å². The molecule has 4 heteroatoms. The van der Waals surface area contributed by atoms with Crippen LogP contribution in [0.15, 0.2) is 30.3 Å². The predicted octanol–water partition coefficient (Wildman–Crippen LogP) is 1.99. The number of aryl methyl sites for hydroxylation is 1. The van der Waals surface area contributed by atoms with E-state index in [2.05, 4.69) is 11.2 Å². The summed E-state index contributed by atoms with van der Waals surface area (Å²) >= 11 is 0. The molecular formula is C14H19N3O. The first-order valence-electron chi connectivity index (χ1n) is 6.03. The molecule has 1 unspecified atom stereocenters. The van der Waals surface area contributed by atoms with E-state index in [1.54, 1.807) is 7.11 Å². The minimum atomic E-state index is 0.116. The van der Waals surface area contributed by atoms with Crippen LogP contribution < -0.4 is 10.5 Å². The van der Waals surface area contributed by atoms with Gasteiger partial charge in [0.1, 0.15) is 5.75 Å². The summed E-state index contributed by atoms with van der Waals surface area (Å²) in [5.41, 5.74) is 8.90. The molecule has 96 valence electrons. The van der Waals surface area contributed by atoms with Gasteiger partial charge in [-0.2, -0.15) is 5.10 Å². The molecule has 0 spiro atoms. The van der Waals surface area contributed by atoms with Crippen molar-refractivity contribution >= 4 is 0 Å². The highest BCUT2D eigenvalue weighted by Crippen LogP contribution is 2.29. The van der Waals surface area contributed by atoms with Crippen LogP contribution in [0, 0.1) is 0 Å². The largest absolute Gasteiger partial charge is 0.496 e. The van der Waals surface area contributed by atoms with Gasteiger partial charge in [-0.3, -0.25) is 4.68 Å². The Labute approximate surface area is 107 Å². The topological polar surface area (TPSA) is 53.1 Å². The monoisotopic (exact) mass is 245 g/mol. The second-order valence-electron chi connectivity index (χ2n) is 4.53. The number of nitrogens with two attached hydrogens (primary N) is 1. The van der Waals surface area contributed by atoms with Gasteiger partial charge in [0.15, 0.2) is 0 Å². The zero-order valence-corrected chi connectivity index (χ0v) is 11.1. The maximum Gasteiger partial charge on any atom is 0.128 e. The lowest BCUT2D eigenvalue weighted by Gasteiger charge is -2.07. The number of methoxy groups -OCH3 is 1. The van der Waals surface area contributed by atoms with Crippen molar-refractivity contribution in [1.29, 1.82) is 0 Å². The third-order valence-corrected chi connectivity index (χ3v) is 2.84. The summed E-state index contributed by atoms with van der Waals surface area (Å²) in [5.74, 6) is 0.854. The van der Waals surface area contributed by atoms with Gasteiger partial charge < -0.3 is 10.5 Å². The molecule has 0 aliphatic heterocycles. The predicted molar refractivity (Wildman–Crippen MR) is 72.5 cm³/mol. The van der Waals surface area contributed by atoms with Crippen molar-refractivity contribution in [3.05, 3.63) is 36.0 Å². The fourth-order valence-corrected chi connectivity index (χ4v) is 2.06. The van der Waals surface area contributed by atoms with Crippen LogP contribution in [0.4, 0.5) is 0 Å². The van der Waals surface area contributed by atoms with Gasteiger partial charge >= 0.3 is 0 Å². The molecule has 0 amide bonds. The number of rotatable bonds is 4. The van der Waals surface area contributed by atoms with Gasteiger partial charge in [-0.1, -0.05) is 12.1 Å². The Morgan fingerprint density at radius 2 is 2.11 bits per heavy atom. The molecule has 1 aromatic heterocycles. The molecule has 1 aromatic carbocycles. The second kappa shape index (κ2) is 5.23. The molecular weight excluding hydrogens is 226 g/mol. The van der Waals surface area contributed by atoms with Crippen molar-refractivity contribution in [2.45, 2.75) is 19.4 Å². The third-order valence-electron chi connectivity index (χ3n) is 2.84. The minimum absolute atomic E-state index is 0.116. The molecule has 2 N–H and O–H groups in total. The van der Waals surface area contributed by atoms with E-state index in [0.717, 1.165) is 29.1 Å². The first-order chi connectivity index (χ1) is 8.61. The molecule has 0 saturated heterocycles. The number of para-hydroxylation sites is 1. The van der Waals surface area contributed by atoms with Gasteiger partial charge in [-0.15, -0.1) is 0 Å². The number of nitrogens with zero attached hydrogens (tertiary/aromatic N) is 2. The Hall–Kier alpha value is -1.81. The quantitative estimate of drug-likeness (QED) is 0.896. The molecule has 2 rings (SSSR count). The number of benzene rings is 1. The van der Waals surface area contributed by atoms with Gasteiger partial charge in [0.25, 0.3) is 0 Å². The number of aromatic nitrogens is 2. The van der Waals surface area contributed by atoms with E-state index in [-0.39, 0.29) is 6.04 Å². The van der Waals surface area contributed by atoms with Crippen LogP contribution in [0.3, 0.4) is 0 Å². The van der Waals surface area contributed by atoms with Crippen molar-refractivity contribution in [2.24, 2.45) is 12.8 Å². The first kappa shape index (κ1) is 12.6. The fourth-order valence-electron chi connectivity index (χ4n) is 2.06. The molecule has 0 bridgehead atoms. The van der Waals surface area contributed by atoms with E-state index in [1.807, 2.05) is 42.9 Å². The van der Waals surface area contributed by atoms with E-state index in [0.29, 0.717) is 0 Å². The molecule has 1 heterocycles. The average Bonchev–Trinajstić information content (AvgIpc) is 2.69. The number of hydrogen-bond donors (Lipinski definition) is 1. The highest BCUT2D eigenvalue weighted by atomic mass is 16.5. The molecule has 0 aliphatic rings. The van der Waals surface area contributed by atoms with Crippen molar-refractivity contribution in [3.8, 4) is 17.0 Å². The molecule has 4 nitrogen and oxygen atoms in total. The van der Waals surface area contributed by atoms with Crippen LogP contribution in [-0.4, -0.2) is 22.9 Å². The smallest absolute Gasteiger partial charge is 0.128 e. The van der Waals surface area contributed by atoms with Gasteiger partial charge in [0.2, 0.25) is 0 Å². The van der Waals surface area contributed by atoms with Gasteiger partial charge in [-0.25, -0.2) is 0 Å². The molecule has 1 atom stereocenters. The number of hydrogen-bond acceptors (Lipinski definition) is 3. The summed E-state index contributed by atoms with van der Waals surface area (Å²) in [6, 6.07) is 10.1. The second-order valence-corrected chi connectivity index (χ2v) is 4.53. The zero-order valence-electron chi connectivity index (χ0n) is 11.1. The van der Waals surface area contributed by atoms with Crippen molar-refractivity contribution in [3.63, 3.8) is 0 Å². The van der Waals surface area contributed by atoms with Crippen LogP contribution >= 0.6 is 0 Å². The Kier molecular flexibility index (Phi) is 3.67. The lowest BCUT2D eigenvalue weighted by atomic mass is 10.1. The molecule has 0 fully saturated rings. The summed E-state index contributed by atoms with van der Waals surface area (Å²) in [6.45, 7) is 1.98. The minimum Gasteiger partial charge on any atom is -0.496 e. The number of ether oxygens (including phenoxy) is 1. The van der Waals surface area contributed by atoms with E-state index in [4.69, 9.17) is 10.5 Å². The SMILES string of the molecule is COc1ccccc1-c1cc(CC(C)N)nn1C. The van der Waals surface area contributed by atoms with Crippen molar-refractivity contribution in [2.75, 3.05) is 7.11 Å². The van der Waals surface area contributed by atoms with Crippen molar-refractivity contribution in [1.82, 2.24) is 9.78 Å². The van der Waals surface area contributed by atoms with Crippen LogP contribution in [0.1, 0.15) is 12.6 Å². The van der Waals surface area contributed by atoms with E-state index in [1.165, 1.54) is 0 Å². The van der Waals surface area contributed by atoms with Crippen LogP contribution in [-0.2, 0) is 13.5 Å². The molecule has 2 aromatic rings. The summed E-state index contributed by atoms with van der Waals surface area (Å²) in [6.07, 6.45) is 0.781. The lowest BCUT2D eigenvalue weighted by molar-refractivity contribution is 0.416. The molecule has 0 radical (unpaired) electrons. The lowest BCUT2D eigenvalue weighted by Crippen LogP contribution is -2.18. The highest BCUT2D eigenvalue weighted by Gasteiger charge is 2.12.